The third-order valence-electron chi connectivity index (χ3n) is 5.05. The van der Waals surface area contributed by atoms with Crippen molar-refractivity contribution in [2.24, 2.45) is 0 Å². The molecule has 0 bridgehead atoms. The van der Waals surface area contributed by atoms with Crippen molar-refractivity contribution in [3.05, 3.63) is 69.6 Å². The Morgan fingerprint density at radius 1 is 1.26 bits per heavy atom. The summed E-state index contributed by atoms with van der Waals surface area (Å²) in [5.74, 6) is 0.669. The fourth-order valence-corrected chi connectivity index (χ4v) is 3.71. The zero-order valence-electron chi connectivity index (χ0n) is 15.5. The average molecular weight is 382 g/mol. The number of carbonyl (C=O) groups excluding carboxylic acids is 1. The van der Waals surface area contributed by atoms with Crippen LogP contribution in [0.25, 0.3) is 5.82 Å². The summed E-state index contributed by atoms with van der Waals surface area (Å²) in [6.07, 6.45) is 2.43. The first-order chi connectivity index (χ1) is 13.0. The smallest absolute Gasteiger partial charge is 0.255 e. The van der Waals surface area contributed by atoms with Crippen LogP contribution in [-0.4, -0.2) is 37.3 Å². The van der Waals surface area contributed by atoms with Crippen molar-refractivity contribution in [1.82, 2.24) is 24.9 Å². The number of benzene rings is 1. The minimum Gasteiger partial charge on any atom is -0.330 e. The maximum atomic E-state index is 13.1. The second kappa shape index (κ2) is 6.78. The van der Waals surface area contributed by atoms with E-state index in [1.807, 2.05) is 49.9 Å². The Bertz CT molecular complexity index is 1030. The normalized spacial score (nSPS) is 16.3. The van der Waals surface area contributed by atoms with Crippen molar-refractivity contribution >= 4 is 17.5 Å². The minimum absolute atomic E-state index is 0.0786. The number of carbonyl (C=O) groups is 1. The molecule has 1 atom stereocenters. The number of rotatable bonds is 2. The van der Waals surface area contributed by atoms with Crippen LogP contribution in [0.5, 0.6) is 0 Å². The third kappa shape index (κ3) is 3.00. The van der Waals surface area contributed by atoms with Crippen molar-refractivity contribution in [3.8, 4) is 5.82 Å². The van der Waals surface area contributed by atoms with Crippen molar-refractivity contribution in [2.75, 3.05) is 6.54 Å². The first-order valence-electron chi connectivity index (χ1n) is 8.91. The zero-order valence-corrected chi connectivity index (χ0v) is 16.2. The van der Waals surface area contributed by atoms with E-state index >= 15 is 0 Å². The monoisotopic (exact) mass is 381 g/mol. The Balaban J connectivity index is 1.67. The lowest BCUT2D eigenvalue weighted by atomic mass is 10.0. The van der Waals surface area contributed by atoms with Gasteiger partial charge in [-0.15, -0.1) is 5.10 Å². The number of aromatic nitrogens is 4. The fraction of sp³-hybridized carbons (Fsp3) is 0.300. The standard InChI is InChI=1S/C20H20ClN5O/c1-12-7-9-22-17(11-12)26-16-8-10-25(14(3)19(16)23-24-26)20(27)15-6-4-5-13(2)18(15)21/h4-7,9,11,14H,8,10H2,1-3H3. The number of aryl methyl sites for hydroxylation is 2. The number of fused-ring (bicyclic) bond motifs is 1. The molecule has 1 amide bonds. The minimum atomic E-state index is -0.184. The van der Waals surface area contributed by atoms with Gasteiger partial charge in [0.25, 0.3) is 5.91 Å². The summed E-state index contributed by atoms with van der Waals surface area (Å²) in [7, 11) is 0. The van der Waals surface area contributed by atoms with E-state index in [-0.39, 0.29) is 11.9 Å². The Labute approximate surface area is 162 Å². The molecule has 0 saturated heterocycles. The molecule has 0 aliphatic carbocycles. The lowest BCUT2D eigenvalue weighted by molar-refractivity contribution is 0.0672. The Hall–Kier alpha value is -2.73. The molecule has 1 aliphatic rings. The van der Waals surface area contributed by atoms with E-state index in [1.165, 1.54) is 0 Å². The topological polar surface area (TPSA) is 63.9 Å². The Morgan fingerprint density at radius 2 is 2.07 bits per heavy atom. The summed E-state index contributed by atoms with van der Waals surface area (Å²) in [4.78, 5) is 19.3. The van der Waals surface area contributed by atoms with Gasteiger partial charge in [0.1, 0.15) is 5.69 Å². The molecule has 1 aliphatic heterocycles. The first-order valence-corrected chi connectivity index (χ1v) is 9.28. The number of amides is 1. The number of halogens is 1. The molecule has 4 rings (SSSR count). The molecular weight excluding hydrogens is 362 g/mol. The molecule has 0 N–H and O–H groups in total. The van der Waals surface area contributed by atoms with Crippen LogP contribution < -0.4 is 0 Å². The predicted molar refractivity (Wildman–Crippen MR) is 103 cm³/mol. The van der Waals surface area contributed by atoms with E-state index in [2.05, 4.69) is 15.3 Å². The van der Waals surface area contributed by atoms with Gasteiger partial charge >= 0.3 is 0 Å². The average Bonchev–Trinajstić information content (AvgIpc) is 3.09. The van der Waals surface area contributed by atoms with E-state index < -0.39 is 0 Å². The molecule has 3 heterocycles. The largest absolute Gasteiger partial charge is 0.330 e. The molecule has 3 aromatic rings. The van der Waals surface area contributed by atoms with Crippen LogP contribution in [0.4, 0.5) is 0 Å². The SMILES string of the molecule is Cc1ccnc(-n2nnc3c2CCN(C(=O)c2cccc(C)c2Cl)C3C)c1. The molecule has 0 saturated carbocycles. The van der Waals surface area contributed by atoms with Crippen LogP contribution in [0.3, 0.4) is 0 Å². The summed E-state index contributed by atoms with van der Waals surface area (Å²) in [6, 6.07) is 9.26. The fourth-order valence-electron chi connectivity index (χ4n) is 3.50. The van der Waals surface area contributed by atoms with Crippen LogP contribution in [-0.2, 0) is 6.42 Å². The van der Waals surface area contributed by atoms with Gasteiger partial charge in [0.15, 0.2) is 5.82 Å². The van der Waals surface area contributed by atoms with Crippen molar-refractivity contribution in [2.45, 2.75) is 33.2 Å². The third-order valence-corrected chi connectivity index (χ3v) is 5.55. The number of hydrogen-bond donors (Lipinski definition) is 0. The Kier molecular flexibility index (Phi) is 4.44. The molecule has 138 valence electrons. The summed E-state index contributed by atoms with van der Waals surface area (Å²) in [6.45, 7) is 6.47. The van der Waals surface area contributed by atoms with Crippen LogP contribution in [0, 0.1) is 13.8 Å². The van der Waals surface area contributed by atoms with Gasteiger partial charge in [-0.3, -0.25) is 4.79 Å². The van der Waals surface area contributed by atoms with E-state index in [1.54, 1.807) is 16.9 Å². The lowest BCUT2D eigenvalue weighted by Crippen LogP contribution is -2.39. The maximum absolute atomic E-state index is 13.1. The molecule has 1 aromatic carbocycles. The van der Waals surface area contributed by atoms with Crippen LogP contribution in [0.2, 0.25) is 5.02 Å². The van der Waals surface area contributed by atoms with Crippen molar-refractivity contribution in [3.63, 3.8) is 0 Å². The van der Waals surface area contributed by atoms with E-state index in [9.17, 15) is 4.79 Å². The summed E-state index contributed by atoms with van der Waals surface area (Å²) < 4.78 is 1.78. The van der Waals surface area contributed by atoms with Gasteiger partial charge in [0, 0.05) is 19.2 Å². The molecule has 2 aromatic heterocycles. The van der Waals surface area contributed by atoms with E-state index in [4.69, 9.17) is 11.6 Å². The van der Waals surface area contributed by atoms with Crippen LogP contribution >= 0.6 is 11.6 Å². The molecule has 0 radical (unpaired) electrons. The second-order valence-electron chi connectivity index (χ2n) is 6.89. The van der Waals surface area contributed by atoms with E-state index in [0.717, 1.165) is 28.3 Å². The molecule has 0 fully saturated rings. The Morgan fingerprint density at radius 3 is 2.85 bits per heavy atom. The van der Waals surface area contributed by atoms with E-state index in [0.29, 0.717) is 23.6 Å². The van der Waals surface area contributed by atoms with Crippen LogP contribution in [0.1, 0.15) is 45.8 Å². The van der Waals surface area contributed by atoms with Gasteiger partial charge in [0.2, 0.25) is 0 Å². The highest BCUT2D eigenvalue weighted by atomic mass is 35.5. The molecule has 7 heteroatoms. The van der Waals surface area contributed by atoms with Gasteiger partial charge < -0.3 is 4.90 Å². The zero-order chi connectivity index (χ0) is 19.1. The van der Waals surface area contributed by atoms with Crippen molar-refractivity contribution in [1.29, 1.82) is 0 Å². The molecule has 1 unspecified atom stereocenters. The number of hydrogen-bond acceptors (Lipinski definition) is 4. The number of pyridine rings is 1. The number of nitrogens with zero attached hydrogens (tertiary/aromatic N) is 5. The second-order valence-corrected chi connectivity index (χ2v) is 7.26. The highest BCUT2D eigenvalue weighted by Crippen LogP contribution is 2.31. The summed E-state index contributed by atoms with van der Waals surface area (Å²) >= 11 is 6.37. The summed E-state index contributed by atoms with van der Waals surface area (Å²) in [5.41, 5.74) is 4.34. The molecule has 6 nitrogen and oxygen atoms in total. The highest BCUT2D eigenvalue weighted by Gasteiger charge is 2.33. The highest BCUT2D eigenvalue weighted by molar-refractivity contribution is 6.34. The molecule has 27 heavy (non-hydrogen) atoms. The lowest BCUT2D eigenvalue weighted by Gasteiger charge is -2.33. The van der Waals surface area contributed by atoms with Gasteiger partial charge in [-0.05, 0) is 50.1 Å². The predicted octanol–water partition coefficient (Wildman–Crippen LogP) is 3.69. The van der Waals surface area contributed by atoms with Gasteiger partial charge in [-0.25, -0.2) is 4.98 Å². The van der Waals surface area contributed by atoms with Gasteiger partial charge in [-0.2, -0.15) is 4.68 Å². The molecular formula is C20H20ClN5O. The van der Waals surface area contributed by atoms with Gasteiger partial charge in [-0.1, -0.05) is 28.9 Å². The summed E-state index contributed by atoms with van der Waals surface area (Å²) in [5, 5.41) is 9.16. The quantitative estimate of drug-likeness (QED) is 0.679. The first kappa shape index (κ1) is 17.7. The van der Waals surface area contributed by atoms with Gasteiger partial charge in [0.05, 0.1) is 22.3 Å². The molecule has 0 spiro atoms. The van der Waals surface area contributed by atoms with Crippen molar-refractivity contribution < 1.29 is 4.79 Å². The maximum Gasteiger partial charge on any atom is 0.255 e. The van der Waals surface area contributed by atoms with Crippen LogP contribution in [0.15, 0.2) is 36.5 Å².